The molecule has 1 heterocycles. The molecule has 25 heavy (non-hydrogen) atoms. The van der Waals surface area contributed by atoms with E-state index < -0.39 is 0 Å². The molecule has 0 bridgehead atoms. The van der Waals surface area contributed by atoms with Gasteiger partial charge in [-0.25, -0.2) is 0 Å². The van der Waals surface area contributed by atoms with Crippen LogP contribution in [0.5, 0.6) is 5.75 Å². The zero-order valence-corrected chi connectivity index (χ0v) is 14.9. The van der Waals surface area contributed by atoms with E-state index in [9.17, 15) is 9.90 Å². The lowest BCUT2D eigenvalue weighted by Crippen LogP contribution is -2.42. The topological polar surface area (TPSA) is 87.2 Å². The second-order valence-electron chi connectivity index (χ2n) is 6.60. The highest BCUT2D eigenvalue weighted by Gasteiger charge is 2.27. The minimum atomic E-state index is -0.253. The van der Waals surface area contributed by atoms with Crippen molar-refractivity contribution in [2.45, 2.75) is 39.2 Å². The van der Waals surface area contributed by atoms with Gasteiger partial charge in [0.1, 0.15) is 11.4 Å². The van der Waals surface area contributed by atoms with Crippen molar-refractivity contribution in [3.63, 3.8) is 0 Å². The lowest BCUT2D eigenvalue weighted by molar-refractivity contribution is 0.0885. The van der Waals surface area contributed by atoms with Gasteiger partial charge in [-0.05, 0) is 42.5 Å². The lowest BCUT2D eigenvalue weighted by atomic mass is 9.88. The Bertz CT molecular complexity index is 769. The molecular formula is C19H25N3O3. The van der Waals surface area contributed by atoms with Crippen LogP contribution in [0.1, 0.15) is 41.9 Å². The normalized spacial score (nSPS) is 15.0. The molecule has 1 aliphatic carbocycles. The number of hydrogen-bond acceptors (Lipinski definition) is 4. The van der Waals surface area contributed by atoms with Gasteiger partial charge in [0.2, 0.25) is 0 Å². The Kier molecular flexibility index (Phi) is 5.08. The lowest BCUT2D eigenvalue weighted by Gasteiger charge is -2.22. The number of hydrogen-bond donors (Lipinski definition) is 3. The van der Waals surface area contributed by atoms with Gasteiger partial charge in [0.25, 0.3) is 5.91 Å². The van der Waals surface area contributed by atoms with E-state index in [2.05, 4.69) is 15.5 Å². The van der Waals surface area contributed by atoms with E-state index in [-0.39, 0.29) is 24.5 Å². The highest BCUT2D eigenvalue weighted by molar-refractivity contribution is 5.96. The van der Waals surface area contributed by atoms with E-state index in [1.807, 2.05) is 32.0 Å². The van der Waals surface area contributed by atoms with E-state index in [1.54, 1.807) is 7.11 Å². The van der Waals surface area contributed by atoms with E-state index in [0.717, 1.165) is 41.8 Å². The zero-order chi connectivity index (χ0) is 18.0. The van der Waals surface area contributed by atoms with E-state index in [1.165, 1.54) is 5.56 Å². The average molecular weight is 343 g/mol. The highest BCUT2D eigenvalue weighted by Crippen LogP contribution is 2.35. The molecule has 2 aromatic rings. The summed E-state index contributed by atoms with van der Waals surface area (Å²) in [7, 11) is 1.65. The molecule has 3 N–H and O–H groups in total. The number of ether oxygens (including phenoxy) is 1. The molecule has 0 fully saturated rings. The number of H-pyrrole nitrogens is 1. The van der Waals surface area contributed by atoms with Crippen LogP contribution in [0, 0.1) is 5.92 Å². The van der Waals surface area contributed by atoms with Crippen molar-refractivity contribution >= 4 is 5.91 Å². The molecule has 6 nitrogen and oxygen atoms in total. The molecular weight excluding hydrogens is 318 g/mol. The van der Waals surface area contributed by atoms with Crippen LogP contribution in [0.15, 0.2) is 18.2 Å². The first kappa shape index (κ1) is 17.5. The van der Waals surface area contributed by atoms with Crippen molar-refractivity contribution in [1.29, 1.82) is 0 Å². The summed E-state index contributed by atoms with van der Waals surface area (Å²) in [5.74, 6) is 0.834. The van der Waals surface area contributed by atoms with Gasteiger partial charge in [-0.2, -0.15) is 5.10 Å². The Hall–Kier alpha value is -2.34. The molecule has 1 amide bonds. The number of aliphatic hydroxyl groups excluding tert-OH is 1. The molecule has 134 valence electrons. The number of amides is 1. The number of fused-ring (bicyclic) bond motifs is 3. The van der Waals surface area contributed by atoms with Crippen LogP contribution in [0.3, 0.4) is 0 Å². The number of aliphatic hydroxyl groups is 1. The molecule has 0 radical (unpaired) electrons. The monoisotopic (exact) mass is 343 g/mol. The first-order valence-electron chi connectivity index (χ1n) is 8.75. The van der Waals surface area contributed by atoms with Gasteiger partial charge in [0, 0.05) is 11.1 Å². The predicted octanol–water partition coefficient (Wildman–Crippen LogP) is 2.32. The Labute approximate surface area is 147 Å². The molecule has 0 saturated carbocycles. The number of rotatable bonds is 6. The van der Waals surface area contributed by atoms with Crippen molar-refractivity contribution in [3.05, 3.63) is 35.0 Å². The zero-order valence-electron chi connectivity index (χ0n) is 14.9. The summed E-state index contributed by atoms with van der Waals surface area (Å²) in [5.41, 5.74) is 4.49. The third kappa shape index (κ3) is 3.26. The van der Waals surface area contributed by atoms with Crippen LogP contribution in [-0.2, 0) is 12.8 Å². The minimum Gasteiger partial charge on any atom is -0.497 e. The number of nitrogens with zero attached hydrogens (tertiary/aromatic N) is 1. The maximum Gasteiger partial charge on any atom is 0.269 e. The maximum atomic E-state index is 12.7. The van der Waals surface area contributed by atoms with E-state index in [4.69, 9.17) is 4.74 Å². The van der Waals surface area contributed by atoms with Crippen LogP contribution in [0.25, 0.3) is 11.3 Å². The number of aromatic amines is 1. The average Bonchev–Trinajstić information content (AvgIpc) is 3.09. The fourth-order valence-corrected chi connectivity index (χ4v) is 3.31. The third-order valence-corrected chi connectivity index (χ3v) is 5.15. The second-order valence-corrected chi connectivity index (χ2v) is 6.60. The van der Waals surface area contributed by atoms with Gasteiger partial charge < -0.3 is 15.2 Å². The summed E-state index contributed by atoms with van der Waals surface area (Å²) >= 11 is 0. The summed E-state index contributed by atoms with van der Waals surface area (Å²) < 4.78 is 5.28. The van der Waals surface area contributed by atoms with Gasteiger partial charge in [0.05, 0.1) is 25.5 Å². The molecule has 0 aliphatic heterocycles. The standard InChI is InChI=1S/C19H25N3O3/c1-4-11(2)16(10-23)20-19(24)18-15-7-5-12-9-13(25-3)6-8-14(12)17(15)21-22-18/h6,8-9,11,16,23H,4-5,7,10H2,1-3H3,(H,20,24)(H,21,22)/t11-,16-/m0/s1. The number of aromatic nitrogens is 2. The van der Waals surface area contributed by atoms with Gasteiger partial charge >= 0.3 is 0 Å². The highest BCUT2D eigenvalue weighted by atomic mass is 16.5. The minimum absolute atomic E-state index is 0.0697. The maximum absolute atomic E-state index is 12.7. The quantitative estimate of drug-likeness (QED) is 0.751. The number of nitrogens with one attached hydrogen (secondary N) is 2. The van der Waals surface area contributed by atoms with Crippen LogP contribution in [0.2, 0.25) is 0 Å². The third-order valence-electron chi connectivity index (χ3n) is 5.15. The Balaban J connectivity index is 1.87. The number of carbonyl (C=O) groups is 1. The van der Waals surface area contributed by atoms with Crippen LogP contribution >= 0.6 is 0 Å². The SMILES string of the molecule is CC[C@H](C)[C@H](CO)NC(=O)c1[nH]nc2c1CCc1cc(OC)ccc1-2. The van der Waals surface area contributed by atoms with Crippen molar-refractivity contribution in [3.8, 4) is 17.0 Å². The van der Waals surface area contributed by atoms with Crippen molar-refractivity contribution in [2.24, 2.45) is 5.92 Å². The summed E-state index contributed by atoms with van der Waals surface area (Å²) in [4.78, 5) is 12.7. The fraction of sp³-hybridized carbons (Fsp3) is 0.474. The summed E-state index contributed by atoms with van der Waals surface area (Å²) in [5, 5.41) is 19.8. The first-order valence-corrected chi connectivity index (χ1v) is 8.75. The molecule has 0 spiro atoms. The Morgan fingerprint density at radius 3 is 2.92 bits per heavy atom. The Morgan fingerprint density at radius 1 is 1.44 bits per heavy atom. The molecule has 1 aliphatic rings. The largest absolute Gasteiger partial charge is 0.497 e. The molecule has 2 atom stereocenters. The summed E-state index contributed by atoms with van der Waals surface area (Å²) in [6, 6.07) is 5.67. The predicted molar refractivity (Wildman–Crippen MR) is 95.8 cm³/mol. The molecule has 1 aromatic heterocycles. The number of benzene rings is 1. The number of carbonyl (C=O) groups excluding carboxylic acids is 1. The molecule has 1 aromatic carbocycles. The van der Waals surface area contributed by atoms with E-state index >= 15 is 0 Å². The first-order chi connectivity index (χ1) is 12.1. The smallest absolute Gasteiger partial charge is 0.269 e. The van der Waals surface area contributed by atoms with Crippen LogP contribution < -0.4 is 10.1 Å². The van der Waals surface area contributed by atoms with E-state index in [0.29, 0.717) is 5.69 Å². The molecule has 6 heteroatoms. The van der Waals surface area contributed by atoms with Gasteiger partial charge in [-0.1, -0.05) is 20.3 Å². The number of methoxy groups -OCH3 is 1. The van der Waals surface area contributed by atoms with Crippen molar-refractivity contribution in [2.75, 3.05) is 13.7 Å². The Morgan fingerprint density at radius 2 is 2.24 bits per heavy atom. The van der Waals surface area contributed by atoms with Crippen LogP contribution in [-0.4, -0.2) is 41.0 Å². The van der Waals surface area contributed by atoms with Crippen LogP contribution in [0.4, 0.5) is 0 Å². The second kappa shape index (κ2) is 7.27. The fourth-order valence-electron chi connectivity index (χ4n) is 3.31. The van der Waals surface area contributed by atoms with Crippen molar-refractivity contribution < 1.29 is 14.6 Å². The van der Waals surface area contributed by atoms with Crippen molar-refractivity contribution in [1.82, 2.24) is 15.5 Å². The van der Waals surface area contributed by atoms with Gasteiger partial charge in [-0.3, -0.25) is 9.89 Å². The molecule has 3 rings (SSSR count). The number of aryl methyl sites for hydroxylation is 1. The molecule has 0 unspecified atom stereocenters. The van der Waals surface area contributed by atoms with Gasteiger partial charge in [0.15, 0.2) is 0 Å². The summed E-state index contributed by atoms with van der Waals surface area (Å²) in [6.45, 7) is 4.00. The van der Waals surface area contributed by atoms with Gasteiger partial charge in [-0.15, -0.1) is 0 Å². The molecule has 0 saturated heterocycles. The summed E-state index contributed by atoms with van der Waals surface area (Å²) in [6.07, 6.45) is 2.48.